The van der Waals surface area contributed by atoms with Crippen LogP contribution in [0.5, 0.6) is 5.75 Å². The lowest BCUT2D eigenvalue weighted by atomic mass is 10.1. The second kappa shape index (κ2) is 8.67. The molecule has 0 aliphatic rings. The second-order valence-corrected chi connectivity index (χ2v) is 5.38. The number of pyridine rings is 1. The highest BCUT2D eigenvalue weighted by atomic mass is 16.5. The van der Waals surface area contributed by atoms with E-state index in [9.17, 15) is 9.59 Å². The fourth-order valence-electron chi connectivity index (χ4n) is 2.12. The maximum absolute atomic E-state index is 11.8. The minimum Gasteiger partial charge on any atom is -0.484 e. The molecule has 0 fully saturated rings. The zero-order valence-corrected chi connectivity index (χ0v) is 13.8. The quantitative estimate of drug-likeness (QED) is 0.757. The molecule has 6 nitrogen and oxygen atoms in total. The number of nitrogens with one attached hydrogen (secondary N) is 2. The van der Waals surface area contributed by atoms with E-state index >= 15 is 0 Å². The topological polar surface area (TPSA) is 80.3 Å². The number of benzene rings is 1. The number of carbonyl (C=O) groups excluding carboxylic acids is 2. The summed E-state index contributed by atoms with van der Waals surface area (Å²) < 4.78 is 5.49. The van der Waals surface area contributed by atoms with Crippen LogP contribution in [0.2, 0.25) is 0 Å². The molecule has 6 heteroatoms. The predicted octanol–water partition coefficient (Wildman–Crippen LogP) is 1.62. The molecule has 0 radical (unpaired) electrons. The molecule has 0 atom stereocenters. The first kappa shape index (κ1) is 17.5. The lowest BCUT2D eigenvalue weighted by Crippen LogP contribution is -2.37. The number of aromatic nitrogens is 1. The first-order chi connectivity index (χ1) is 11.6. The highest BCUT2D eigenvalue weighted by molar-refractivity contribution is 5.92. The Morgan fingerprint density at radius 3 is 2.58 bits per heavy atom. The van der Waals surface area contributed by atoms with E-state index in [2.05, 4.69) is 15.6 Å². The van der Waals surface area contributed by atoms with Crippen LogP contribution in [0.4, 0.5) is 0 Å². The molecule has 2 aromatic rings. The molecule has 1 aromatic heterocycles. The van der Waals surface area contributed by atoms with Gasteiger partial charge in [0.15, 0.2) is 6.61 Å². The Morgan fingerprint density at radius 1 is 1.08 bits per heavy atom. The Labute approximate surface area is 141 Å². The number of nitrogens with zero attached hydrogens (tertiary/aromatic N) is 1. The van der Waals surface area contributed by atoms with Gasteiger partial charge in [-0.25, -0.2) is 0 Å². The number of aryl methyl sites for hydroxylation is 2. The van der Waals surface area contributed by atoms with Gasteiger partial charge >= 0.3 is 0 Å². The lowest BCUT2D eigenvalue weighted by molar-refractivity contribution is -0.123. The van der Waals surface area contributed by atoms with E-state index in [0.29, 0.717) is 24.5 Å². The van der Waals surface area contributed by atoms with Crippen LogP contribution >= 0.6 is 0 Å². The minimum absolute atomic E-state index is 0.0575. The van der Waals surface area contributed by atoms with Crippen molar-refractivity contribution in [2.45, 2.75) is 13.8 Å². The normalized spacial score (nSPS) is 10.1. The van der Waals surface area contributed by atoms with Gasteiger partial charge in [-0.05, 0) is 37.6 Å². The smallest absolute Gasteiger partial charge is 0.269 e. The summed E-state index contributed by atoms with van der Waals surface area (Å²) in [7, 11) is 0. The molecular formula is C18H21N3O3. The van der Waals surface area contributed by atoms with Crippen molar-refractivity contribution >= 4 is 11.8 Å². The molecule has 1 aromatic carbocycles. The molecule has 126 valence electrons. The van der Waals surface area contributed by atoms with Crippen LogP contribution in [0, 0.1) is 13.8 Å². The Bertz CT molecular complexity index is 702. The number of hydrogen-bond acceptors (Lipinski definition) is 4. The third-order valence-corrected chi connectivity index (χ3v) is 3.32. The molecule has 0 spiro atoms. The highest BCUT2D eigenvalue weighted by Crippen LogP contribution is 2.18. The van der Waals surface area contributed by atoms with Gasteiger partial charge in [0, 0.05) is 19.3 Å². The van der Waals surface area contributed by atoms with Gasteiger partial charge in [-0.3, -0.25) is 14.6 Å². The molecule has 0 saturated heterocycles. The van der Waals surface area contributed by atoms with E-state index in [1.165, 1.54) is 0 Å². The Hall–Kier alpha value is -2.89. The number of hydrogen-bond donors (Lipinski definition) is 2. The van der Waals surface area contributed by atoms with Gasteiger partial charge < -0.3 is 15.4 Å². The molecule has 24 heavy (non-hydrogen) atoms. The fourth-order valence-corrected chi connectivity index (χ4v) is 2.12. The van der Waals surface area contributed by atoms with Crippen LogP contribution in [0.3, 0.4) is 0 Å². The summed E-state index contributed by atoms with van der Waals surface area (Å²) in [6, 6.07) is 10.9. The Morgan fingerprint density at radius 2 is 1.88 bits per heavy atom. The van der Waals surface area contributed by atoms with Crippen molar-refractivity contribution in [2.24, 2.45) is 0 Å². The van der Waals surface area contributed by atoms with Gasteiger partial charge in [0.05, 0.1) is 0 Å². The summed E-state index contributed by atoms with van der Waals surface area (Å²) in [5.41, 5.74) is 2.49. The van der Waals surface area contributed by atoms with Crippen molar-refractivity contribution in [3.8, 4) is 5.75 Å². The second-order valence-electron chi connectivity index (χ2n) is 5.38. The molecule has 0 bridgehead atoms. The monoisotopic (exact) mass is 327 g/mol. The number of amides is 2. The fraction of sp³-hybridized carbons (Fsp3) is 0.278. The van der Waals surface area contributed by atoms with E-state index in [1.807, 2.05) is 32.0 Å². The summed E-state index contributed by atoms with van der Waals surface area (Å²) >= 11 is 0. The average Bonchev–Trinajstić information content (AvgIpc) is 2.58. The Kier molecular flexibility index (Phi) is 6.31. The van der Waals surface area contributed by atoms with E-state index in [0.717, 1.165) is 11.1 Å². The molecule has 2 rings (SSSR count). The third kappa shape index (κ3) is 5.39. The predicted molar refractivity (Wildman–Crippen MR) is 91.0 cm³/mol. The largest absolute Gasteiger partial charge is 0.484 e. The molecule has 0 aliphatic carbocycles. The molecule has 0 aliphatic heterocycles. The maximum atomic E-state index is 11.8. The summed E-state index contributed by atoms with van der Waals surface area (Å²) in [5, 5.41) is 5.38. The van der Waals surface area contributed by atoms with E-state index in [1.54, 1.807) is 24.4 Å². The summed E-state index contributed by atoms with van der Waals surface area (Å²) in [6.45, 7) is 4.53. The molecular weight excluding hydrogens is 306 g/mol. The van der Waals surface area contributed by atoms with E-state index < -0.39 is 0 Å². The highest BCUT2D eigenvalue weighted by Gasteiger charge is 2.07. The number of carbonyl (C=O) groups is 2. The first-order valence-electron chi connectivity index (χ1n) is 7.72. The Balaban J connectivity index is 1.65. The van der Waals surface area contributed by atoms with Gasteiger partial charge in [-0.15, -0.1) is 0 Å². The third-order valence-electron chi connectivity index (χ3n) is 3.32. The molecule has 0 saturated carbocycles. The van der Waals surface area contributed by atoms with Crippen LogP contribution in [-0.4, -0.2) is 36.5 Å². The standard InChI is InChI=1S/C18H21N3O3/c1-13-6-7-16(14(2)11-13)24-12-17(22)20-9-10-21-18(23)15-5-3-4-8-19-15/h3-8,11H,9-10,12H2,1-2H3,(H,20,22)(H,21,23). The lowest BCUT2D eigenvalue weighted by Gasteiger charge is -2.10. The van der Waals surface area contributed by atoms with Crippen molar-refractivity contribution in [2.75, 3.05) is 19.7 Å². The molecule has 1 heterocycles. The molecule has 0 unspecified atom stereocenters. The van der Waals surface area contributed by atoms with Crippen molar-refractivity contribution in [1.82, 2.24) is 15.6 Å². The number of ether oxygens (including phenoxy) is 1. The maximum Gasteiger partial charge on any atom is 0.269 e. The van der Waals surface area contributed by atoms with E-state index in [-0.39, 0.29) is 18.4 Å². The summed E-state index contributed by atoms with van der Waals surface area (Å²) in [6.07, 6.45) is 1.56. The van der Waals surface area contributed by atoms with Gasteiger partial charge in [0.25, 0.3) is 11.8 Å². The SMILES string of the molecule is Cc1ccc(OCC(=O)NCCNC(=O)c2ccccn2)c(C)c1. The van der Waals surface area contributed by atoms with Crippen molar-refractivity contribution in [1.29, 1.82) is 0 Å². The van der Waals surface area contributed by atoms with Gasteiger partial charge in [0.1, 0.15) is 11.4 Å². The van der Waals surface area contributed by atoms with Crippen LogP contribution in [0.15, 0.2) is 42.6 Å². The zero-order chi connectivity index (χ0) is 17.4. The van der Waals surface area contributed by atoms with Gasteiger partial charge in [0.2, 0.25) is 0 Å². The van der Waals surface area contributed by atoms with E-state index in [4.69, 9.17) is 4.74 Å². The van der Waals surface area contributed by atoms with Crippen LogP contribution in [0.25, 0.3) is 0 Å². The first-order valence-corrected chi connectivity index (χ1v) is 7.72. The summed E-state index contributed by atoms with van der Waals surface area (Å²) in [5.74, 6) is 0.192. The van der Waals surface area contributed by atoms with Crippen LogP contribution < -0.4 is 15.4 Å². The van der Waals surface area contributed by atoms with Crippen LogP contribution in [0.1, 0.15) is 21.6 Å². The van der Waals surface area contributed by atoms with Gasteiger partial charge in [-0.2, -0.15) is 0 Å². The molecule has 2 N–H and O–H groups in total. The van der Waals surface area contributed by atoms with Crippen molar-refractivity contribution < 1.29 is 14.3 Å². The minimum atomic E-state index is -0.267. The summed E-state index contributed by atoms with van der Waals surface area (Å²) in [4.78, 5) is 27.5. The molecule has 2 amide bonds. The van der Waals surface area contributed by atoms with Crippen molar-refractivity contribution in [3.05, 3.63) is 59.4 Å². The van der Waals surface area contributed by atoms with Crippen molar-refractivity contribution in [3.63, 3.8) is 0 Å². The van der Waals surface area contributed by atoms with Crippen LogP contribution in [-0.2, 0) is 4.79 Å². The average molecular weight is 327 g/mol. The van der Waals surface area contributed by atoms with Gasteiger partial charge in [-0.1, -0.05) is 23.8 Å². The zero-order valence-electron chi connectivity index (χ0n) is 13.8. The number of rotatable bonds is 7.